The summed E-state index contributed by atoms with van der Waals surface area (Å²) in [6.07, 6.45) is 1.17. The van der Waals surface area contributed by atoms with Crippen LogP contribution in [0.3, 0.4) is 0 Å². The molecule has 5 rings (SSSR count). The Bertz CT molecular complexity index is 999. The Morgan fingerprint density at radius 2 is 1.96 bits per heavy atom. The summed E-state index contributed by atoms with van der Waals surface area (Å²) >= 11 is 0. The fourth-order valence-electron chi connectivity index (χ4n) is 3.98. The van der Waals surface area contributed by atoms with Crippen LogP contribution < -0.4 is 20.5 Å². The second-order valence-corrected chi connectivity index (χ2v) is 7.18. The van der Waals surface area contributed by atoms with Crippen LogP contribution in [0.2, 0.25) is 0 Å². The molecule has 3 heterocycles. The Morgan fingerprint density at radius 1 is 1.18 bits per heavy atom. The van der Waals surface area contributed by atoms with Crippen molar-refractivity contribution in [1.29, 1.82) is 0 Å². The molecule has 28 heavy (non-hydrogen) atoms. The van der Waals surface area contributed by atoms with E-state index in [0.717, 1.165) is 0 Å². The number of halogens is 1. The number of carbonyl (C=O) groups excluding carboxylic acids is 1. The summed E-state index contributed by atoms with van der Waals surface area (Å²) in [4.78, 5) is 19.2. The standard InChI is InChI=1S/C20H19FN4O3/c21-13-2-1-3-14-17(13)18(22)24-20(23-14)6-8-25(9-7-20)19(26)12-4-5-15-16(10-12)28-11-27-15/h1-5,10,23H,6-9,11H2,(H2,22,24). The Hall–Kier alpha value is -3.29. The smallest absolute Gasteiger partial charge is 0.253 e. The fraction of sp³-hybridized carbons (Fsp3) is 0.300. The second kappa shape index (κ2) is 6.12. The molecule has 7 nitrogen and oxygen atoms in total. The molecule has 2 aromatic carbocycles. The molecular formula is C20H19FN4O3. The van der Waals surface area contributed by atoms with Crippen molar-refractivity contribution in [2.24, 2.45) is 10.7 Å². The SMILES string of the molecule is NC1=NC2(CCN(C(=O)c3ccc4c(c3)OCO4)CC2)Nc2cccc(F)c21. The molecule has 0 aromatic heterocycles. The van der Waals surface area contributed by atoms with Crippen molar-refractivity contribution in [3.63, 3.8) is 0 Å². The van der Waals surface area contributed by atoms with Gasteiger partial charge in [0.2, 0.25) is 6.79 Å². The van der Waals surface area contributed by atoms with E-state index in [2.05, 4.69) is 10.3 Å². The average molecular weight is 382 g/mol. The first-order valence-corrected chi connectivity index (χ1v) is 9.16. The number of rotatable bonds is 1. The van der Waals surface area contributed by atoms with Crippen molar-refractivity contribution in [1.82, 2.24) is 4.90 Å². The lowest BCUT2D eigenvalue weighted by atomic mass is 9.93. The number of carbonyl (C=O) groups is 1. The van der Waals surface area contributed by atoms with Crippen LogP contribution in [0.15, 0.2) is 41.4 Å². The molecule has 0 atom stereocenters. The molecule has 1 spiro atoms. The molecule has 1 amide bonds. The Labute approximate surface area is 160 Å². The highest BCUT2D eigenvalue weighted by molar-refractivity contribution is 6.04. The van der Waals surface area contributed by atoms with Gasteiger partial charge in [0.25, 0.3) is 5.91 Å². The number of anilines is 1. The van der Waals surface area contributed by atoms with E-state index < -0.39 is 11.5 Å². The summed E-state index contributed by atoms with van der Waals surface area (Å²) in [7, 11) is 0. The number of likely N-dealkylation sites (tertiary alicyclic amines) is 1. The number of aliphatic imine (C=N–C) groups is 1. The van der Waals surface area contributed by atoms with E-state index in [0.29, 0.717) is 54.2 Å². The average Bonchev–Trinajstić information content (AvgIpc) is 3.15. The van der Waals surface area contributed by atoms with Crippen LogP contribution in [0, 0.1) is 5.82 Å². The van der Waals surface area contributed by atoms with Gasteiger partial charge in [0.1, 0.15) is 17.3 Å². The van der Waals surface area contributed by atoms with E-state index in [1.54, 1.807) is 35.2 Å². The molecule has 0 bridgehead atoms. The van der Waals surface area contributed by atoms with Crippen LogP contribution in [-0.2, 0) is 0 Å². The van der Waals surface area contributed by atoms with Crippen LogP contribution >= 0.6 is 0 Å². The maximum Gasteiger partial charge on any atom is 0.253 e. The summed E-state index contributed by atoms with van der Waals surface area (Å²) < 4.78 is 24.7. The second-order valence-electron chi connectivity index (χ2n) is 7.18. The number of amides is 1. The van der Waals surface area contributed by atoms with Gasteiger partial charge in [-0.15, -0.1) is 0 Å². The van der Waals surface area contributed by atoms with Gasteiger partial charge in [-0.2, -0.15) is 0 Å². The lowest BCUT2D eigenvalue weighted by Gasteiger charge is -2.42. The van der Waals surface area contributed by atoms with Gasteiger partial charge in [0.05, 0.1) is 5.56 Å². The highest BCUT2D eigenvalue weighted by atomic mass is 19.1. The molecule has 0 saturated carbocycles. The van der Waals surface area contributed by atoms with Crippen molar-refractivity contribution in [3.8, 4) is 11.5 Å². The summed E-state index contributed by atoms with van der Waals surface area (Å²) in [5.74, 6) is 0.979. The maximum absolute atomic E-state index is 14.1. The predicted octanol–water partition coefficient (Wildman–Crippen LogP) is 2.32. The molecular weight excluding hydrogens is 363 g/mol. The highest BCUT2D eigenvalue weighted by Gasteiger charge is 2.39. The first kappa shape index (κ1) is 16.9. The lowest BCUT2D eigenvalue weighted by Crippen LogP contribution is -2.52. The van der Waals surface area contributed by atoms with Crippen LogP contribution in [0.5, 0.6) is 11.5 Å². The highest BCUT2D eigenvalue weighted by Crippen LogP contribution is 2.36. The molecule has 0 aliphatic carbocycles. The van der Waals surface area contributed by atoms with Crippen LogP contribution in [0.1, 0.15) is 28.8 Å². The van der Waals surface area contributed by atoms with Crippen molar-refractivity contribution in [2.75, 3.05) is 25.2 Å². The number of amidine groups is 1. The molecule has 0 radical (unpaired) electrons. The number of nitrogens with one attached hydrogen (secondary N) is 1. The molecule has 1 saturated heterocycles. The van der Waals surface area contributed by atoms with E-state index in [-0.39, 0.29) is 18.5 Å². The van der Waals surface area contributed by atoms with Gasteiger partial charge in [-0.3, -0.25) is 4.79 Å². The normalized spacial score (nSPS) is 19.0. The number of ether oxygens (including phenoxy) is 2. The largest absolute Gasteiger partial charge is 0.454 e. The topological polar surface area (TPSA) is 89.2 Å². The van der Waals surface area contributed by atoms with Crippen LogP contribution in [0.25, 0.3) is 0 Å². The number of hydrogen-bond donors (Lipinski definition) is 2. The zero-order chi connectivity index (χ0) is 19.3. The monoisotopic (exact) mass is 382 g/mol. The third-order valence-corrected chi connectivity index (χ3v) is 5.47. The third-order valence-electron chi connectivity index (χ3n) is 5.47. The molecule has 3 N–H and O–H groups in total. The lowest BCUT2D eigenvalue weighted by molar-refractivity contribution is 0.0685. The molecule has 2 aromatic rings. The molecule has 3 aliphatic heterocycles. The minimum absolute atomic E-state index is 0.0626. The maximum atomic E-state index is 14.1. The van der Waals surface area contributed by atoms with E-state index in [1.807, 2.05) is 0 Å². The van der Waals surface area contributed by atoms with Crippen molar-refractivity contribution < 1.29 is 18.7 Å². The van der Waals surface area contributed by atoms with E-state index in [9.17, 15) is 9.18 Å². The summed E-state index contributed by atoms with van der Waals surface area (Å²) in [6, 6.07) is 10.0. The molecule has 3 aliphatic rings. The minimum atomic E-state index is -0.615. The Balaban J connectivity index is 1.33. The van der Waals surface area contributed by atoms with Gasteiger partial charge in [-0.25, -0.2) is 9.38 Å². The van der Waals surface area contributed by atoms with Crippen LogP contribution in [0.4, 0.5) is 10.1 Å². The molecule has 8 heteroatoms. The summed E-state index contributed by atoms with van der Waals surface area (Å²) in [6.45, 7) is 1.20. The van der Waals surface area contributed by atoms with Crippen molar-refractivity contribution in [2.45, 2.75) is 18.5 Å². The quantitative estimate of drug-likeness (QED) is 0.790. The number of nitrogens with zero attached hydrogens (tertiary/aromatic N) is 2. The number of hydrogen-bond acceptors (Lipinski definition) is 6. The molecule has 144 valence electrons. The van der Waals surface area contributed by atoms with Gasteiger partial charge in [0, 0.05) is 37.2 Å². The van der Waals surface area contributed by atoms with E-state index in [4.69, 9.17) is 15.2 Å². The predicted molar refractivity (Wildman–Crippen MR) is 101 cm³/mol. The van der Waals surface area contributed by atoms with Gasteiger partial charge in [-0.1, -0.05) is 6.07 Å². The first-order valence-electron chi connectivity index (χ1n) is 9.16. The molecule has 1 fully saturated rings. The van der Waals surface area contributed by atoms with Crippen molar-refractivity contribution in [3.05, 3.63) is 53.3 Å². The van der Waals surface area contributed by atoms with Crippen molar-refractivity contribution >= 4 is 17.4 Å². The zero-order valence-corrected chi connectivity index (χ0v) is 15.1. The van der Waals surface area contributed by atoms with Gasteiger partial charge in [0.15, 0.2) is 11.5 Å². The summed E-state index contributed by atoms with van der Waals surface area (Å²) in [5, 5.41) is 3.33. The third kappa shape index (κ3) is 2.64. The zero-order valence-electron chi connectivity index (χ0n) is 15.1. The fourth-order valence-corrected chi connectivity index (χ4v) is 3.98. The van der Waals surface area contributed by atoms with Gasteiger partial charge >= 0.3 is 0 Å². The van der Waals surface area contributed by atoms with Gasteiger partial charge in [-0.05, 0) is 30.3 Å². The Morgan fingerprint density at radius 3 is 2.79 bits per heavy atom. The molecule has 0 unspecified atom stereocenters. The van der Waals surface area contributed by atoms with E-state index >= 15 is 0 Å². The summed E-state index contributed by atoms with van der Waals surface area (Å²) in [5.41, 5.74) is 6.96. The van der Waals surface area contributed by atoms with Crippen LogP contribution in [-0.4, -0.2) is 42.2 Å². The van der Waals surface area contributed by atoms with Gasteiger partial charge < -0.3 is 25.4 Å². The minimum Gasteiger partial charge on any atom is -0.454 e. The number of nitrogens with two attached hydrogens (primary N) is 1. The number of piperidine rings is 1. The Kier molecular flexibility index (Phi) is 3.68. The number of benzene rings is 2. The first-order chi connectivity index (χ1) is 13.5. The number of fused-ring (bicyclic) bond motifs is 2. The van der Waals surface area contributed by atoms with E-state index in [1.165, 1.54) is 6.07 Å².